The fourth-order valence-corrected chi connectivity index (χ4v) is 2.74. The van der Waals surface area contributed by atoms with Gasteiger partial charge in [0.15, 0.2) is 0 Å². The average molecular weight is 287 g/mol. The molecule has 0 saturated carbocycles. The molecule has 7 heteroatoms. The van der Waals surface area contributed by atoms with Gasteiger partial charge >= 0.3 is 5.97 Å². The maximum atomic E-state index is 12.1. The SMILES string of the molecule is COC(=O)CCNS(=O)(=O)c1cc(C)ccc1OC. The van der Waals surface area contributed by atoms with E-state index in [1.165, 1.54) is 20.3 Å². The Morgan fingerprint density at radius 2 is 2.00 bits per heavy atom. The van der Waals surface area contributed by atoms with Crippen molar-refractivity contribution >= 4 is 16.0 Å². The molecular weight excluding hydrogens is 270 g/mol. The van der Waals surface area contributed by atoms with Crippen LogP contribution in [0.1, 0.15) is 12.0 Å². The molecule has 1 aromatic rings. The van der Waals surface area contributed by atoms with E-state index in [-0.39, 0.29) is 23.6 Å². The number of nitrogens with one attached hydrogen (secondary N) is 1. The third-order valence-electron chi connectivity index (χ3n) is 2.46. The second kappa shape index (κ2) is 6.53. The van der Waals surface area contributed by atoms with Gasteiger partial charge in [0.25, 0.3) is 0 Å². The lowest BCUT2D eigenvalue weighted by Gasteiger charge is -2.11. The number of carbonyl (C=O) groups excluding carboxylic acids is 1. The fourth-order valence-electron chi connectivity index (χ4n) is 1.46. The van der Waals surface area contributed by atoms with E-state index in [1.807, 2.05) is 0 Å². The molecule has 19 heavy (non-hydrogen) atoms. The molecule has 0 aliphatic carbocycles. The Labute approximate surface area is 112 Å². The molecule has 106 valence electrons. The smallest absolute Gasteiger partial charge is 0.306 e. The zero-order valence-corrected chi connectivity index (χ0v) is 11.9. The summed E-state index contributed by atoms with van der Waals surface area (Å²) < 4.78 is 36.0. The van der Waals surface area contributed by atoms with E-state index < -0.39 is 16.0 Å². The molecule has 0 aromatic heterocycles. The predicted molar refractivity (Wildman–Crippen MR) is 69.6 cm³/mol. The van der Waals surface area contributed by atoms with Crippen molar-refractivity contribution in [1.82, 2.24) is 4.72 Å². The minimum atomic E-state index is -3.71. The van der Waals surface area contributed by atoms with Crippen LogP contribution in [0.25, 0.3) is 0 Å². The zero-order chi connectivity index (χ0) is 14.5. The molecule has 0 unspecified atom stereocenters. The number of hydrogen-bond acceptors (Lipinski definition) is 5. The van der Waals surface area contributed by atoms with Crippen molar-refractivity contribution in [3.05, 3.63) is 23.8 Å². The van der Waals surface area contributed by atoms with E-state index in [0.717, 1.165) is 5.56 Å². The third kappa shape index (κ3) is 4.22. The number of sulfonamides is 1. The Morgan fingerprint density at radius 3 is 2.58 bits per heavy atom. The van der Waals surface area contributed by atoms with E-state index >= 15 is 0 Å². The van der Waals surface area contributed by atoms with Crippen LogP contribution in [0.2, 0.25) is 0 Å². The van der Waals surface area contributed by atoms with E-state index in [0.29, 0.717) is 0 Å². The molecule has 6 nitrogen and oxygen atoms in total. The number of rotatable bonds is 6. The standard InChI is InChI=1S/C12H17NO5S/c1-9-4-5-10(17-2)11(8-9)19(15,16)13-7-6-12(14)18-3/h4-5,8,13H,6-7H2,1-3H3. The summed E-state index contributed by atoms with van der Waals surface area (Å²) in [5.74, 6) is -0.213. The Bertz CT molecular complexity index is 553. The maximum Gasteiger partial charge on any atom is 0.306 e. The molecule has 1 N–H and O–H groups in total. The first kappa shape index (κ1) is 15.5. The van der Waals surface area contributed by atoms with Crippen LogP contribution in [0.3, 0.4) is 0 Å². The lowest BCUT2D eigenvalue weighted by atomic mass is 10.2. The molecule has 0 bridgehead atoms. The van der Waals surface area contributed by atoms with Crippen molar-refractivity contribution in [3.8, 4) is 5.75 Å². The Kier molecular flexibility index (Phi) is 5.31. The molecular formula is C12H17NO5S. The van der Waals surface area contributed by atoms with Gasteiger partial charge in [-0.1, -0.05) is 6.07 Å². The minimum absolute atomic E-state index is 0.0217. The molecule has 0 heterocycles. The predicted octanol–water partition coefficient (Wildman–Crippen LogP) is 0.845. The Balaban J connectivity index is 2.88. The van der Waals surface area contributed by atoms with Gasteiger partial charge in [-0.15, -0.1) is 0 Å². The van der Waals surface area contributed by atoms with Crippen LogP contribution in [0.15, 0.2) is 23.1 Å². The van der Waals surface area contributed by atoms with Gasteiger partial charge in [-0.05, 0) is 24.6 Å². The molecule has 0 fully saturated rings. The quantitative estimate of drug-likeness (QED) is 0.784. The summed E-state index contributed by atoms with van der Waals surface area (Å²) in [7, 11) is -1.06. The monoisotopic (exact) mass is 287 g/mol. The highest BCUT2D eigenvalue weighted by atomic mass is 32.2. The first-order chi connectivity index (χ1) is 8.90. The number of ether oxygens (including phenoxy) is 2. The first-order valence-corrected chi connectivity index (χ1v) is 7.10. The molecule has 1 rings (SSSR count). The molecule has 0 atom stereocenters. The summed E-state index contributed by atoms with van der Waals surface area (Å²) in [5, 5.41) is 0. The van der Waals surface area contributed by atoms with Crippen LogP contribution in [0.5, 0.6) is 5.75 Å². The van der Waals surface area contributed by atoms with Crippen molar-refractivity contribution in [2.75, 3.05) is 20.8 Å². The van der Waals surface area contributed by atoms with Gasteiger partial charge in [-0.25, -0.2) is 13.1 Å². The molecule has 0 spiro atoms. The summed E-state index contributed by atoms with van der Waals surface area (Å²) in [4.78, 5) is 11.0. The van der Waals surface area contributed by atoms with Crippen LogP contribution in [-0.4, -0.2) is 35.2 Å². The van der Waals surface area contributed by atoms with Gasteiger partial charge in [0.05, 0.1) is 20.6 Å². The van der Waals surface area contributed by atoms with Gasteiger partial charge in [0, 0.05) is 6.54 Å². The highest BCUT2D eigenvalue weighted by molar-refractivity contribution is 7.89. The van der Waals surface area contributed by atoms with E-state index in [2.05, 4.69) is 9.46 Å². The zero-order valence-electron chi connectivity index (χ0n) is 11.1. The van der Waals surface area contributed by atoms with Crippen LogP contribution in [0.4, 0.5) is 0 Å². The maximum absolute atomic E-state index is 12.1. The Morgan fingerprint density at radius 1 is 1.32 bits per heavy atom. The molecule has 0 radical (unpaired) electrons. The summed E-state index contributed by atoms with van der Waals surface area (Å²) in [6, 6.07) is 4.86. The van der Waals surface area contributed by atoms with Gasteiger partial charge in [-0.3, -0.25) is 4.79 Å². The van der Waals surface area contributed by atoms with Gasteiger partial charge < -0.3 is 9.47 Å². The van der Waals surface area contributed by atoms with Crippen LogP contribution >= 0.6 is 0 Å². The molecule has 0 aliphatic heterocycles. The topological polar surface area (TPSA) is 81.7 Å². The van der Waals surface area contributed by atoms with Crippen molar-refractivity contribution in [3.63, 3.8) is 0 Å². The van der Waals surface area contributed by atoms with Crippen molar-refractivity contribution in [1.29, 1.82) is 0 Å². The van der Waals surface area contributed by atoms with Gasteiger partial charge in [0.2, 0.25) is 10.0 Å². The third-order valence-corrected chi connectivity index (χ3v) is 3.94. The lowest BCUT2D eigenvalue weighted by molar-refractivity contribution is -0.140. The Hall–Kier alpha value is -1.60. The average Bonchev–Trinajstić information content (AvgIpc) is 2.38. The summed E-state index contributed by atoms with van der Waals surface area (Å²) in [6.45, 7) is 1.76. The molecule has 0 aliphatic rings. The van der Waals surface area contributed by atoms with Gasteiger partial charge in [0.1, 0.15) is 10.6 Å². The van der Waals surface area contributed by atoms with Crippen LogP contribution < -0.4 is 9.46 Å². The van der Waals surface area contributed by atoms with Crippen molar-refractivity contribution in [2.45, 2.75) is 18.2 Å². The van der Waals surface area contributed by atoms with E-state index in [1.54, 1.807) is 19.1 Å². The number of hydrogen-bond donors (Lipinski definition) is 1. The summed E-state index contributed by atoms with van der Waals surface area (Å²) >= 11 is 0. The van der Waals surface area contributed by atoms with Crippen LogP contribution in [-0.2, 0) is 19.6 Å². The molecule has 0 saturated heterocycles. The number of aryl methyl sites for hydroxylation is 1. The number of carbonyl (C=O) groups is 1. The number of benzene rings is 1. The summed E-state index contributed by atoms with van der Waals surface area (Å²) in [6.07, 6.45) is -0.0239. The van der Waals surface area contributed by atoms with Gasteiger partial charge in [-0.2, -0.15) is 0 Å². The largest absolute Gasteiger partial charge is 0.495 e. The minimum Gasteiger partial charge on any atom is -0.495 e. The number of methoxy groups -OCH3 is 2. The van der Waals surface area contributed by atoms with E-state index in [9.17, 15) is 13.2 Å². The normalized spacial score (nSPS) is 11.1. The second-order valence-corrected chi connectivity index (χ2v) is 5.61. The number of esters is 1. The van der Waals surface area contributed by atoms with Crippen LogP contribution in [0, 0.1) is 6.92 Å². The highest BCUT2D eigenvalue weighted by Crippen LogP contribution is 2.24. The summed E-state index contributed by atoms with van der Waals surface area (Å²) in [5.41, 5.74) is 0.800. The highest BCUT2D eigenvalue weighted by Gasteiger charge is 2.19. The van der Waals surface area contributed by atoms with Crippen molar-refractivity contribution < 1.29 is 22.7 Å². The van der Waals surface area contributed by atoms with Crippen molar-refractivity contribution in [2.24, 2.45) is 0 Å². The lowest BCUT2D eigenvalue weighted by Crippen LogP contribution is -2.27. The molecule has 1 aromatic carbocycles. The van der Waals surface area contributed by atoms with E-state index in [4.69, 9.17) is 4.74 Å². The second-order valence-electron chi connectivity index (χ2n) is 3.88. The molecule has 0 amide bonds. The fraction of sp³-hybridized carbons (Fsp3) is 0.417. The first-order valence-electron chi connectivity index (χ1n) is 5.62.